The standard InChI is InChI=1S/C47H73N5O15S/c1-2-61-25-26-65-30-27-62-22-8-10-39(53)34-50(36-45(55)56)20-21-51(37-46(57)58)35-44(54)48-16-23-63-28-31-66-32-29-64-24-17-49-68(59,60)41-14-12-40(13-15-41)67-47-42-11-5-4-9-38(42)33-43(47)52-18-6-3-7-19-52/h4-5,9,11-15,43,47,49H,2-3,6-8,10,16-37H2,1H3,(H,48,54)(H,55,56)(H,57,58)/t43-,47-/m0/s1. The number of ketones is 1. The van der Waals surface area contributed by atoms with Crippen LogP contribution in [0.3, 0.4) is 0 Å². The monoisotopic (exact) mass is 979 g/mol. The molecule has 1 heterocycles. The van der Waals surface area contributed by atoms with Crippen LogP contribution >= 0.6 is 0 Å². The van der Waals surface area contributed by atoms with Crippen molar-refractivity contribution >= 4 is 33.7 Å². The number of rotatable bonds is 39. The van der Waals surface area contributed by atoms with Gasteiger partial charge >= 0.3 is 11.9 Å². The summed E-state index contributed by atoms with van der Waals surface area (Å²) in [5.41, 5.74) is 2.49. The molecule has 1 amide bonds. The van der Waals surface area contributed by atoms with Gasteiger partial charge in [-0.1, -0.05) is 30.7 Å². The summed E-state index contributed by atoms with van der Waals surface area (Å²) in [6.45, 7) is 7.18. The number of carbonyl (C=O) groups excluding carboxylic acids is 2. The molecule has 0 saturated carbocycles. The van der Waals surface area contributed by atoms with E-state index >= 15 is 0 Å². The maximum absolute atomic E-state index is 13.0. The summed E-state index contributed by atoms with van der Waals surface area (Å²) >= 11 is 0. The Morgan fingerprint density at radius 3 is 1.85 bits per heavy atom. The number of carboxylic acids is 2. The molecule has 20 nitrogen and oxygen atoms in total. The molecule has 2 aromatic rings. The molecular formula is C47H73N5O15S. The number of hydrogen-bond donors (Lipinski definition) is 4. The molecule has 1 aliphatic carbocycles. The van der Waals surface area contributed by atoms with Crippen LogP contribution in [0.2, 0.25) is 0 Å². The van der Waals surface area contributed by atoms with Crippen LogP contribution in [0.5, 0.6) is 5.75 Å². The van der Waals surface area contributed by atoms with E-state index in [9.17, 15) is 37.8 Å². The zero-order valence-corrected chi connectivity index (χ0v) is 40.3. The third kappa shape index (κ3) is 22.5. The molecular weight excluding hydrogens is 907 g/mol. The van der Waals surface area contributed by atoms with E-state index in [0.717, 1.165) is 19.5 Å². The van der Waals surface area contributed by atoms with Gasteiger partial charge in [-0.3, -0.25) is 33.9 Å². The van der Waals surface area contributed by atoms with Gasteiger partial charge in [0.2, 0.25) is 15.9 Å². The normalized spacial score (nSPS) is 16.3. The quantitative estimate of drug-likeness (QED) is 0.0699. The van der Waals surface area contributed by atoms with Crippen molar-refractivity contribution in [3.05, 3.63) is 59.7 Å². The second-order valence-corrected chi connectivity index (χ2v) is 18.2. The summed E-state index contributed by atoms with van der Waals surface area (Å²) in [6.07, 6.45) is 5.09. The number of sulfonamides is 1. The van der Waals surface area contributed by atoms with Crippen molar-refractivity contribution in [2.75, 3.05) is 145 Å². The first-order valence-corrected chi connectivity index (χ1v) is 25.1. The van der Waals surface area contributed by atoms with Gasteiger partial charge in [-0.2, -0.15) is 0 Å². The number of nitrogens with zero attached hydrogens (tertiary/aromatic N) is 3. The molecule has 68 heavy (non-hydrogen) atoms. The fourth-order valence-corrected chi connectivity index (χ4v) is 8.88. The van der Waals surface area contributed by atoms with E-state index in [0.29, 0.717) is 51.8 Å². The number of carbonyl (C=O) groups is 4. The number of aliphatic carboxylic acids is 2. The Balaban J connectivity index is 1.01. The van der Waals surface area contributed by atoms with Crippen LogP contribution in [0, 0.1) is 0 Å². The van der Waals surface area contributed by atoms with Gasteiger partial charge < -0.3 is 48.7 Å². The van der Waals surface area contributed by atoms with E-state index < -0.39 is 41.0 Å². The minimum Gasteiger partial charge on any atom is -0.484 e. The van der Waals surface area contributed by atoms with E-state index in [1.54, 1.807) is 24.3 Å². The van der Waals surface area contributed by atoms with E-state index in [1.165, 1.54) is 40.2 Å². The van der Waals surface area contributed by atoms with Crippen molar-refractivity contribution in [1.82, 2.24) is 24.7 Å². The van der Waals surface area contributed by atoms with Gasteiger partial charge in [0.05, 0.1) is 103 Å². The Labute approximate surface area is 400 Å². The highest BCUT2D eigenvalue weighted by atomic mass is 32.2. The molecule has 0 aromatic heterocycles. The number of benzene rings is 2. The zero-order valence-electron chi connectivity index (χ0n) is 39.5. The third-order valence-corrected chi connectivity index (χ3v) is 12.6. The van der Waals surface area contributed by atoms with Crippen molar-refractivity contribution in [1.29, 1.82) is 0 Å². The highest BCUT2D eigenvalue weighted by Gasteiger charge is 2.38. The van der Waals surface area contributed by atoms with Crippen molar-refractivity contribution in [2.24, 2.45) is 0 Å². The molecule has 382 valence electrons. The number of carboxylic acid groups (broad SMARTS) is 2. The largest absolute Gasteiger partial charge is 0.484 e. The van der Waals surface area contributed by atoms with Gasteiger partial charge in [0, 0.05) is 45.8 Å². The summed E-state index contributed by atoms with van der Waals surface area (Å²) in [5, 5.41) is 21.4. The molecule has 2 atom stereocenters. The third-order valence-electron chi connectivity index (χ3n) is 11.2. The highest BCUT2D eigenvalue weighted by molar-refractivity contribution is 7.89. The second-order valence-electron chi connectivity index (χ2n) is 16.4. The Hall–Kier alpha value is -4.13. The molecule has 21 heteroatoms. The van der Waals surface area contributed by atoms with Crippen molar-refractivity contribution in [3.8, 4) is 5.75 Å². The fraction of sp³-hybridized carbons (Fsp3) is 0.660. The molecule has 4 rings (SSSR count). The lowest BCUT2D eigenvalue weighted by atomic mass is 10.0. The number of nitrogens with one attached hydrogen (secondary N) is 2. The number of ether oxygens (including phenoxy) is 7. The smallest absolute Gasteiger partial charge is 0.317 e. The number of hydrogen-bond acceptors (Lipinski definition) is 16. The molecule has 2 aliphatic rings. The van der Waals surface area contributed by atoms with E-state index in [2.05, 4.69) is 33.1 Å². The SMILES string of the molecule is CCOCCOCCOCCCC(=O)CN(CCN(CC(=O)O)CC(=O)NCCOCCOCCOCCNS(=O)(=O)c1ccc(O[C@H]2c3ccccc3C[C@@H]2N2CCCCC2)cc1)CC(=O)O. The molecule has 0 radical (unpaired) electrons. The topological polar surface area (TPSA) is 241 Å². The minimum absolute atomic E-state index is 0.0426. The predicted molar refractivity (Wildman–Crippen MR) is 250 cm³/mol. The molecule has 0 unspecified atom stereocenters. The summed E-state index contributed by atoms with van der Waals surface area (Å²) in [7, 11) is -3.76. The lowest BCUT2D eigenvalue weighted by Gasteiger charge is -2.35. The first-order chi connectivity index (χ1) is 32.9. The summed E-state index contributed by atoms with van der Waals surface area (Å²) in [5.74, 6) is -2.30. The zero-order chi connectivity index (χ0) is 48.8. The number of amides is 1. The van der Waals surface area contributed by atoms with Gasteiger partial charge in [-0.25, -0.2) is 13.1 Å². The van der Waals surface area contributed by atoms with Crippen molar-refractivity contribution in [2.45, 2.75) is 62.5 Å². The van der Waals surface area contributed by atoms with Crippen LogP contribution in [-0.4, -0.2) is 208 Å². The van der Waals surface area contributed by atoms with Crippen LogP contribution in [0.15, 0.2) is 53.4 Å². The highest BCUT2D eigenvalue weighted by Crippen LogP contribution is 2.39. The van der Waals surface area contributed by atoms with Crippen molar-refractivity contribution in [3.63, 3.8) is 0 Å². The van der Waals surface area contributed by atoms with Crippen LogP contribution in [-0.2, 0) is 64.0 Å². The average Bonchev–Trinajstić information content (AvgIpc) is 3.68. The van der Waals surface area contributed by atoms with E-state index in [1.807, 2.05) is 13.0 Å². The number of fused-ring (bicyclic) bond motifs is 1. The number of likely N-dealkylation sites (tertiary alicyclic amines) is 1. The van der Waals surface area contributed by atoms with E-state index in [-0.39, 0.29) is 108 Å². The Bertz CT molecular complexity index is 1890. The number of Topliss-reactive ketones (excluding diaryl/α,β-unsaturated/α-hetero) is 1. The van der Waals surface area contributed by atoms with Crippen LogP contribution in [0.1, 0.15) is 56.3 Å². The van der Waals surface area contributed by atoms with Gasteiger partial charge in [0.25, 0.3) is 0 Å². The molecule has 0 bridgehead atoms. The fourth-order valence-electron chi connectivity index (χ4n) is 7.87. The van der Waals surface area contributed by atoms with Crippen LogP contribution < -0.4 is 14.8 Å². The summed E-state index contributed by atoms with van der Waals surface area (Å²) < 4.78 is 67.6. The van der Waals surface area contributed by atoms with Gasteiger partial charge in [0.15, 0.2) is 0 Å². The summed E-state index contributed by atoms with van der Waals surface area (Å²) in [4.78, 5) is 53.6. The maximum Gasteiger partial charge on any atom is 0.317 e. The molecule has 1 saturated heterocycles. The lowest BCUT2D eigenvalue weighted by Crippen LogP contribution is -2.45. The maximum atomic E-state index is 13.0. The molecule has 2 aromatic carbocycles. The Morgan fingerprint density at radius 2 is 1.24 bits per heavy atom. The lowest BCUT2D eigenvalue weighted by molar-refractivity contribution is -0.141. The minimum atomic E-state index is -3.76. The first kappa shape index (κ1) is 56.5. The molecule has 4 N–H and O–H groups in total. The van der Waals surface area contributed by atoms with Gasteiger partial charge in [0.1, 0.15) is 17.6 Å². The average molecular weight is 980 g/mol. The van der Waals surface area contributed by atoms with Crippen molar-refractivity contribution < 1.29 is 71.0 Å². The Kier molecular flexibility index (Phi) is 27.1. The predicted octanol–water partition coefficient (Wildman–Crippen LogP) is 1.85. The van der Waals surface area contributed by atoms with E-state index in [4.69, 9.17) is 33.2 Å². The Morgan fingerprint density at radius 1 is 0.676 bits per heavy atom. The van der Waals surface area contributed by atoms with Crippen LogP contribution in [0.25, 0.3) is 0 Å². The summed E-state index contributed by atoms with van der Waals surface area (Å²) in [6, 6.07) is 15.2. The van der Waals surface area contributed by atoms with Gasteiger partial charge in [-0.15, -0.1) is 0 Å². The first-order valence-electron chi connectivity index (χ1n) is 23.7. The second kappa shape index (κ2) is 32.6. The van der Waals surface area contributed by atoms with Crippen LogP contribution in [0.4, 0.5) is 0 Å². The number of piperidine rings is 1. The molecule has 1 aliphatic heterocycles. The molecule has 1 fully saturated rings. The molecule has 0 spiro atoms. The van der Waals surface area contributed by atoms with Gasteiger partial charge in [-0.05, 0) is 81.1 Å².